The van der Waals surface area contributed by atoms with Gasteiger partial charge in [-0.05, 0) is 47.4 Å². The fraction of sp³-hybridized carbons (Fsp3) is 0.235. The molecular weight excluding hydrogens is 601 g/mol. The zero-order valence-electron chi connectivity index (χ0n) is 24.6. The summed E-state index contributed by atoms with van der Waals surface area (Å²) in [6, 6.07) is 28.7. The van der Waals surface area contributed by atoms with E-state index in [1.54, 1.807) is 18.2 Å². The number of nitrogens with one attached hydrogen (secondary N) is 1. The zero-order chi connectivity index (χ0) is 31.7. The maximum absolute atomic E-state index is 14.4. The fourth-order valence-electron chi connectivity index (χ4n) is 4.65. The average Bonchev–Trinajstić information content (AvgIpc) is 3.03. The monoisotopic (exact) mass is 635 g/mol. The van der Waals surface area contributed by atoms with E-state index in [-0.39, 0.29) is 40.4 Å². The van der Waals surface area contributed by atoms with E-state index in [4.69, 9.17) is 11.6 Å². The third-order valence-corrected chi connectivity index (χ3v) is 9.03. The third kappa shape index (κ3) is 8.45. The Hall–Kier alpha value is -4.21. The molecule has 10 heteroatoms. The largest absolute Gasteiger partial charge is 0.354 e. The van der Waals surface area contributed by atoms with Crippen LogP contribution in [0.3, 0.4) is 0 Å². The van der Waals surface area contributed by atoms with Crippen molar-refractivity contribution in [2.24, 2.45) is 5.92 Å². The second-order valence-electron chi connectivity index (χ2n) is 10.8. The number of halogens is 2. The molecule has 230 valence electrons. The van der Waals surface area contributed by atoms with E-state index in [0.717, 1.165) is 21.5 Å². The number of amides is 2. The Morgan fingerprint density at radius 3 is 1.98 bits per heavy atom. The molecule has 0 aliphatic carbocycles. The first-order valence-electron chi connectivity index (χ1n) is 14.2. The van der Waals surface area contributed by atoms with Gasteiger partial charge in [0.25, 0.3) is 10.0 Å². The van der Waals surface area contributed by atoms with Crippen LogP contribution in [0, 0.1) is 11.7 Å². The second-order valence-corrected chi connectivity index (χ2v) is 13.0. The molecular formula is C34H35ClFN3O4S. The molecule has 4 rings (SSSR count). The maximum Gasteiger partial charge on any atom is 0.264 e. The summed E-state index contributed by atoms with van der Waals surface area (Å²) in [5.41, 5.74) is 1.61. The number of hydrogen-bond donors (Lipinski definition) is 1. The number of anilines is 1. The molecule has 0 heterocycles. The molecule has 0 saturated carbocycles. The fourth-order valence-corrected chi connectivity index (χ4v) is 6.25. The minimum atomic E-state index is -4.31. The minimum Gasteiger partial charge on any atom is -0.354 e. The number of carbonyl (C=O) groups excluding carboxylic acids is 2. The summed E-state index contributed by atoms with van der Waals surface area (Å²) in [6.07, 6.45) is 0.206. The Labute approximate surface area is 263 Å². The maximum atomic E-state index is 14.4. The van der Waals surface area contributed by atoms with Crippen molar-refractivity contribution in [3.63, 3.8) is 0 Å². The van der Waals surface area contributed by atoms with Crippen molar-refractivity contribution in [2.75, 3.05) is 17.4 Å². The van der Waals surface area contributed by atoms with Crippen molar-refractivity contribution >= 4 is 39.1 Å². The zero-order valence-corrected chi connectivity index (χ0v) is 26.1. The lowest BCUT2D eigenvalue weighted by molar-refractivity contribution is -0.140. The highest BCUT2D eigenvalue weighted by molar-refractivity contribution is 7.92. The number of sulfonamides is 1. The third-order valence-electron chi connectivity index (χ3n) is 6.95. The van der Waals surface area contributed by atoms with Gasteiger partial charge in [-0.3, -0.25) is 13.9 Å². The highest BCUT2D eigenvalue weighted by Crippen LogP contribution is 2.28. The summed E-state index contributed by atoms with van der Waals surface area (Å²) in [6.45, 7) is 3.74. The van der Waals surface area contributed by atoms with Gasteiger partial charge in [0, 0.05) is 19.5 Å². The molecule has 4 aromatic carbocycles. The van der Waals surface area contributed by atoms with Gasteiger partial charge < -0.3 is 10.2 Å². The quantitative estimate of drug-likeness (QED) is 0.193. The first-order valence-corrected chi connectivity index (χ1v) is 16.1. The van der Waals surface area contributed by atoms with E-state index in [2.05, 4.69) is 5.32 Å². The Kier molecular flexibility index (Phi) is 11.1. The van der Waals surface area contributed by atoms with E-state index in [1.807, 2.05) is 74.5 Å². The van der Waals surface area contributed by atoms with Crippen LogP contribution in [-0.2, 0) is 32.6 Å². The minimum absolute atomic E-state index is 0.0112. The SMILES string of the molecule is CC(C)CNC(=O)[C@H](Cc1ccccc1)N(Cc1ccccc1)C(=O)CN(c1ccc(F)c(Cl)c1)S(=O)(=O)c1ccccc1. The van der Waals surface area contributed by atoms with Crippen LogP contribution in [0.15, 0.2) is 114 Å². The molecule has 1 N–H and O–H groups in total. The predicted molar refractivity (Wildman–Crippen MR) is 171 cm³/mol. The molecule has 2 amide bonds. The van der Waals surface area contributed by atoms with Gasteiger partial charge in [0.1, 0.15) is 18.4 Å². The van der Waals surface area contributed by atoms with Crippen molar-refractivity contribution in [3.8, 4) is 0 Å². The molecule has 0 saturated heterocycles. The average molecular weight is 636 g/mol. The van der Waals surface area contributed by atoms with Crippen molar-refractivity contribution < 1.29 is 22.4 Å². The molecule has 1 atom stereocenters. The van der Waals surface area contributed by atoms with Gasteiger partial charge in [0.2, 0.25) is 11.8 Å². The topological polar surface area (TPSA) is 86.8 Å². The van der Waals surface area contributed by atoms with Gasteiger partial charge in [-0.15, -0.1) is 0 Å². The molecule has 0 radical (unpaired) electrons. The molecule has 0 aliphatic heterocycles. The predicted octanol–water partition coefficient (Wildman–Crippen LogP) is 6.09. The smallest absolute Gasteiger partial charge is 0.264 e. The summed E-state index contributed by atoms with van der Waals surface area (Å²) in [5.74, 6) is -1.53. The van der Waals surface area contributed by atoms with E-state index in [9.17, 15) is 22.4 Å². The molecule has 4 aromatic rings. The number of carbonyl (C=O) groups is 2. The lowest BCUT2D eigenvalue weighted by Gasteiger charge is -2.34. The summed E-state index contributed by atoms with van der Waals surface area (Å²) in [4.78, 5) is 29.5. The normalized spacial score (nSPS) is 12.0. The van der Waals surface area contributed by atoms with Crippen molar-refractivity contribution in [2.45, 2.75) is 37.8 Å². The van der Waals surface area contributed by atoms with Crippen LogP contribution >= 0.6 is 11.6 Å². The highest BCUT2D eigenvalue weighted by Gasteiger charge is 2.34. The lowest BCUT2D eigenvalue weighted by atomic mass is 10.0. The van der Waals surface area contributed by atoms with Crippen LogP contribution in [-0.4, -0.2) is 44.3 Å². The van der Waals surface area contributed by atoms with Crippen LogP contribution in [0.1, 0.15) is 25.0 Å². The summed E-state index contributed by atoms with van der Waals surface area (Å²) >= 11 is 6.06. The van der Waals surface area contributed by atoms with Gasteiger partial charge >= 0.3 is 0 Å². The van der Waals surface area contributed by atoms with Crippen molar-refractivity contribution in [3.05, 3.63) is 131 Å². The molecule has 44 heavy (non-hydrogen) atoms. The second kappa shape index (κ2) is 15.0. The van der Waals surface area contributed by atoms with Crippen LogP contribution in [0.4, 0.5) is 10.1 Å². The van der Waals surface area contributed by atoms with Gasteiger partial charge in [0.05, 0.1) is 15.6 Å². The number of hydrogen-bond acceptors (Lipinski definition) is 4. The van der Waals surface area contributed by atoms with Crippen LogP contribution < -0.4 is 9.62 Å². The number of nitrogens with zero attached hydrogens (tertiary/aromatic N) is 2. The Morgan fingerprint density at radius 1 is 0.841 bits per heavy atom. The highest BCUT2D eigenvalue weighted by atomic mass is 35.5. The Morgan fingerprint density at radius 2 is 1.41 bits per heavy atom. The molecule has 0 spiro atoms. The van der Waals surface area contributed by atoms with E-state index < -0.39 is 34.3 Å². The van der Waals surface area contributed by atoms with Crippen molar-refractivity contribution in [1.29, 1.82) is 0 Å². The van der Waals surface area contributed by atoms with Crippen LogP contribution in [0.2, 0.25) is 5.02 Å². The Balaban J connectivity index is 1.79. The standard InChI is InChI=1S/C34H35ClFN3O4S/c1-25(2)22-37-34(41)32(20-26-12-6-3-7-13-26)38(23-27-14-8-4-9-15-27)33(40)24-39(28-18-19-31(36)30(35)21-28)44(42,43)29-16-10-5-11-17-29/h3-19,21,25,32H,20,22-24H2,1-2H3,(H,37,41)/t32-/m0/s1. The lowest BCUT2D eigenvalue weighted by Crippen LogP contribution is -2.53. The molecule has 0 bridgehead atoms. The summed E-state index contributed by atoms with van der Waals surface area (Å²) in [5, 5.41) is 2.66. The van der Waals surface area contributed by atoms with E-state index in [0.29, 0.717) is 6.54 Å². The first-order chi connectivity index (χ1) is 21.1. The number of rotatable bonds is 13. The molecule has 0 unspecified atom stereocenters. The van der Waals surface area contributed by atoms with Crippen LogP contribution in [0.5, 0.6) is 0 Å². The first kappa shape index (κ1) is 32.7. The van der Waals surface area contributed by atoms with Gasteiger partial charge in [-0.1, -0.05) is 104 Å². The molecule has 0 aliphatic rings. The van der Waals surface area contributed by atoms with Crippen LogP contribution in [0.25, 0.3) is 0 Å². The Bertz CT molecular complexity index is 1660. The number of benzene rings is 4. The van der Waals surface area contributed by atoms with Gasteiger partial charge in [-0.25, -0.2) is 12.8 Å². The molecule has 0 aromatic heterocycles. The molecule has 0 fully saturated rings. The van der Waals surface area contributed by atoms with E-state index in [1.165, 1.54) is 29.2 Å². The summed E-state index contributed by atoms with van der Waals surface area (Å²) in [7, 11) is -4.31. The van der Waals surface area contributed by atoms with Gasteiger partial charge in [0.15, 0.2) is 0 Å². The van der Waals surface area contributed by atoms with Gasteiger partial charge in [-0.2, -0.15) is 0 Å². The van der Waals surface area contributed by atoms with Crippen molar-refractivity contribution in [1.82, 2.24) is 10.2 Å². The summed E-state index contributed by atoms with van der Waals surface area (Å²) < 4.78 is 42.9. The van der Waals surface area contributed by atoms with E-state index >= 15 is 0 Å². The molecule has 7 nitrogen and oxygen atoms in total.